The minimum atomic E-state index is 0. The summed E-state index contributed by atoms with van der Waals surface area (Å²) < 4.78 is 24.4. The van der Waals surface area contributed by atoms with Crippen LogP contribution in [0.5, 0.6) is 11.5 Å². The molecule has 0 N–H and O–H groups in total. The molecule has 5 nitrogen and oxygen atoms in total. The summed E-state index contributed by atoms with van der Waals surface area (Å²) in [5.41, 5.74) is 0. The molecular formula is C32H58BrNO4. The fourth-order valence-corrected chi connectivity index (χ4v) is 4.78. The van der Waals surface area contributed by atoms with Crippen molar-refractivity contribution >= 4 is 0 Å². The molecule has 1 aromatic rings. The molecule has 1 aliphatic rings. The fraction of sp³-hybridized carbons (Fsp3) is 0.812. The van der Waals surface area contributed by atoms with Gasteiger partial charge in [0, 0.05) is 19.8 Å². The van der Waals surface area contributed by atoms with E-state index >= 15 is 0 Å². The Balaban J connectivity index is 0.00000722. The van der Waals surface area contributed by atoms with E-state index in [9.17, 15) is 0 Å². The molecule has 1 atom stereocenters. The second-order valence-corrected chi connectivity index (χ2v) is 11.9. The SMILES string of the molecule is C[N+](C)(C)CCCCCCCCCCOCCCCCCCCCCOCC1COc2ccccc2O1.[Br-]. The first-order valence-electron chi connectivity index (χ1n) is 15.4. The molecule has 2 rings (SSSR count). The van der Waals surface area contributed by atoms with Crippen LogP contribution in [0.15, 0.2) is 24.3 Å². The summed E-state index contributed by atoms with van der Waals surface area (Å²) in [5, 5.41) is 0. The summed E-state index contributed by atoms with van der Waals surface area (Å²) >= 11 is 0. The van der Waals surface area contributed by atoms with Crippen molar-refractivity contribution in [1.29, 1.82) is 0 Å². The second-order valence-electron chi connectivity index (χ2n) is 11.9. The lowest BCUT2D eigenvalue weighted by Gasteiger charge is -2.26. The van der Waals surface area contributed by atoms with E-state index in [-0.39, 0.29) is 23.1 Å². The number of benzene rings is 1. The van der Waals surface area contributed by atoms with Crippen LogP contribution in [-0.4, -0.2) is 71.3 Å². The summed E-state index contributed by atoms with van der Waals surface area (Å²) in [4.78, 5) is 0. The molecule has 0 radical (unpaired) electrons. The Morgan fingerprint density at radius 2 is 1.08 bits per heavy atom. The van der Waals surface area contributed by atoms with Crippen LogP contribution in [0.4, 0.5) is 0 Å². The molecule has 0 saturated heterocycles. The first-order valence-corrected chi connectivity index (χ1v) is 15.4. The molecule has 0 bridgehead atoms. The lowest BCUT2D eigenvalue weighted by molar-refractivity contribution is -0.870. The van der Waals surface area contributed by atoms with Crippen LogP contribution in [0.25, 0.3) is 0 Å². The number of ether oxygens (including phenoxy) is 4. The number of quaternary nitrogens is 1. The van der Waals surface area contributed by atoms with Crippen LogP contribution in [0.3, 0.4) is 0 Å². The Morgan fingerprint density at radius 1 is 0.632 bits per heavy atom. The van der Waals surface area contributed by atoms with Crippen LogP contribution in [0.2, 0.25) is 0 Å². The normalized spacial score (nSPS) is 14.9. The summed E-state index contributed by atoms with van der Waals surface area (Å²) in [6.07, 6.45) is 21.2. The smallest absolute Gasteiger partial charge is 0.161 e. The van der Waals surface area contributed by atoms with Gasteiger partial charge < -0.3 is 40.4 Å². The summed E-state index contributed by atoms with van der Waals surface area (Å²) in [7, 11) is 6.86. The predicted octanol–water partition coefficient (Wildman–Crippen LogP) is 4.81. The molecule has 222 valence electrons. The van der Waals surface area contributed by atoms with E-state index in [1.165, 1.54) is 103 Å². The van der Waals surface area contributed by atoms with Gasteiger partial charge in [0.15, 0.2) is 17.6 Å². The van der Waals surface area contributed by atoms with Gasteiger partial charge in [0.2, 0.25) is 0 Å². The minimum absolute atomic E-state index is 0. The molecule has 0 spiro atoms. The molecule has 6 heteroatoms. The Hall–Kier alpha value is -0.820. The molecule has 0 amide bonds. The summed E-state index contributed by atoms with van der Waals surface area (Å²) in [6.45, 7) is 5.20. The standard InChI is InChI=1S/C32H58NO4.BrH/c1-33(2,3)24-18-12-8-4-5-9-13-19-25-34-26-20-14-10-6-7-11-15-21-27-35-28-30-29-36-31-22-16-17-23-32(31)37-30;/h16-17,22-23,30H,4-15,18-21,24-29H2,1-3H3;1H/q+1;/p-1. The predicted molar refractivity (Wildman–Crippen MR) is 155 cm³/mol. The van der Waals surface area contributed by atoms with Crippen LogP contribution < -0.4 is 26.5 Å². The van der Waals surface area contributed by atoms with E-state index in [0.717, 1.165) is 42.2 Å². The van der Waals surface area contributed by atoms with Gasteiger partial charge in [0.05, 0.1) is 34.3 Å². The van der Waals surface area contributed by atoms with Crippen LogP contribution in [-0.2, 0) is 9.47 Å². The van der Waals surface area contributed by atoms with Crippen LogP contribution in [0, 0.1) is 0 Å². The van der Waals surface area contributed by atoms with Crippen molar-refractivity contribution in [2.75, 3.05) is 60.7 Å². The van der Waals surface area contributed by atoms with Crippen LogP contribution >= 0.6 is 0 Å². The van der Waals surface area contributed by atoms with Crippen LogP contribution in [0.1, 0.15) is 103 Å². The van der Waals surface area contributed by atoms with E-state index in [1.54, 1.807) is 0 Å². The maximum absolute atomic E-state index is 5.93. The molecular weight excluding hydrogens is 542 g/mol. The third kappa shape index (κ3) is 19.3. The van der Waals surface area contributed by atoms with E-state index in [4.69, 9.17) is 18.9 Å². The molecule has 1 aliphatic heterocycles. The highest BCUT2D eigenvalue weighted by Gasteiger charge is 2.20. The molecule has 0 aliphatic carbocycles. The second kappa shape index (κ2) is 22.9. The summed E-state index contributed by atoms with van der Waals surface area (Å²) in [5.74, 6) is 1.66. The van der Waals surface area contributed by atoms with Gasteiger partial charge in [-0.25, -0.2) is 0 Å². The lowest BCUT2D eigenvalue weighted by atomic mass is 10.1. The van der Waals surface area contributed by atoms with Gasteiger partial charge in [0.1, 0.15) is 6.61 Å². The van der Waals surface area contributed by atoms with E-state index < -0.39 is 0 Å². The summed E-state index contributed by atoms with van der Waals surface area (Å²) in [6, 6.07) is 7.83. The van der Waals surface area contributed by atoms with E-state index in [2.05, 4.69) is 21.1 Å². The molecule has 1 aromatic carbocycles. The molecule has 0 aromatic heterocycles. The van der Waals surface area contributed by atoms with Crippen molar-refractivity contribution in [3.05, 3.63) is 24.3 Å². The average Bonchev–Trinajstić information content (AvgIpc) is 2.88. The number of halogens is 1. The minimum Gasteiger partial charge on any atom is -1.00 e. The van der Waals surface area contributed by atoms with Crippen molar-refractivity contribution in [2.45, 2.75) is 109 Å². The van der Waals surface area contributed by atoms with Gasteiger partial charge in [-0.3, -0.25) is 0 Å². The Kier molecular flexibility index (Phi) is 21.3. The monoisotopic (exact) mass is 599 g/mol. The van der Waals surface area contributed by atoms with Gasteiger partial charge in [0.25, 0.3) is 0 Å². The molecule has 1 heterocycles. The van der Waals surface area contributed by atoms with Gasteiger partial charge in [-0.05, 0) is 44.2 Å². The topological polar surface area (TPSA) is 36.9 Å². The fourth-order valence-electron chi connectivity index (χ4n) is 4.78. The highest BCUT2D eigenvalue weighted by molar-refractivity contribution is 5.40. The number of nitrogens with zero attached hydrogens (tertiary/aromatic N) is 1. The third-order valence-corrected chi connectivity index (χ3v) is 7.07. The first kappa shape index (κ1) is 35.2. The molecule has 0 fully saturated rings. The number of unbranched alkanes of at least 4 members (excludes halogenated alkanes) is 14. The molecule has 1 unspecified atom stereocenters. The van der Waals surface area contributed by atoms with Gasteiger partial charge >= 0.3 is 0 Å². The van der Waals surface area contributed by atoms with Gasteiger partial charge in [-0.15, -0.1) is 0 Å². The maximum atomic E-state index is 5.93. The van der Waals surface area contributed by atoms with Crippen molar-refractivity contribution in [3.8, 4) is 11.5 Å². The lowest BCUT2D eigenvalue weighted by Crippen LogP contribution is -3.00. The van der Waals surface area contributed by atoms with Gasteiger partial charge in [-0.2, -0.15) is 0 Å². The zero-order valence-electron chi connectivity index (χ0n) is 24.9. The van der Waals surface area contributed by atoms with Crippen molar-refractivity contribution in [1.82, 2.24) is 0 Å². The average molecular weight is 601 g/mol. The Morgan fingerprint density at radius 3 is 1.61 bits per heavy atom. The zero-order chi connectivity index (χ0) is 26.4. The third-order valence-electron chi connectivity index (χ3n) is 7.07. The maximum Gasteiger partial charge on any atom is 0.161 e. The number of hydrogen-bond donors (Lipinski definition) is 0. The number of para-hydroxylation sites is 2. The first-order chi connectivity index (χ1) is 18.0. The van der Waals surface area contributed by atoms with Gasteiger partial charge in [-0.1, -0.05) is 82.8 Å². The van der Waals surface area contributed by atoms with E-state index in [1.807, 2.05) is 24.3 Å². The quantitative estimate of drug-likeness (QED) is 0.126. The number of hydrogen-bond acceptors (Lipinski definition) is 4. The molecule has 0 saturated carbocycles. The Bertz CT molecular complexity index is 667. The van der Waals surface area contributed by atoms with Crippen molar-refractivity contribution < 1.29 is 40.4 Å². The highest BCUT2D eigenvalue weighted by Crippen LogP contribution is 2.30. The zero-order valence-corrected chi connectivity index (χ0v) is 26.5. The largest absolute Gasteiger partial charge is 1.00 e. The van der Waals surface area contributed by atoms with Crippen molar-refractivity contribution in [2.24, 2.45) is 0 Å². The Labute approximate surface area is 245 Å². The number of rotatable bonds is 24. The highest BCUT2D eigenvalue weighted by atomic mass is 79.9. The van der Waals surface area contributed by atoms with Crippen molar-refractivity contribution in [3.63, 3.8) is 0 Å². The molecule has 38 heavy (non-hydrogen) atoms. The number of fused-ring (bicyclic) bond motifs is 1. The van der Waals surface area contributed by atoms with E-state index in [0.29, 0.717) is 13.2 Å².